The Bertz CT molecular complexity index is 881. The summed E-state index contributed by atoms with van der Waals surface area (Å²) in [4.78, 5) is 34.1. The van der Waals surface area contributed by atoms with Crippen LogP contribution in [0, 0.1) is 10.1 Å². The molecule has 1 N–H and O–H groups in total. The van der Waals surface area contributed by atoms with Crippen molar-refractivity contribution in [1.29, 1.82) is 0 Å². The molecule has 128 valence electrons. The third-order valence-electron chi connectivity index (χ3n) is 3.80. The predicted octanol–water partition coefficient (Wildman–Crippen LogP) is 3.39. The van der Waals surface area contributed by atoms with Crippen molar-refractivity contribution in [3.05, 3.63) is 62.7 Å². The molecule has 8 heteroatoms. The molecule has 0 bridgehead atoms. The minimum absolute atomic E-state index is 0.0204. The highest BCUT2D eigenvalue weighted by Crippen LogP contribution is 2.30. The van der Waals surface area contributed by atoms with Crippen LogP contribution in [0.4, 0.5) is 11.4 Å². The van der Waals surface area contributed by atoms with Crippen LogP contribution < -0.4 is 10.1 Å². The van der Waals surface area contributed by atoms with Gasteiger partial charge in [0.15, 0.2) is 18.1 Å². The van der Waals surface area contributed by atoms with Crippen LogP contribution in [0.1, 0.15) is 22.3 Å². The van der Waals surface area contributed by atoms with Gasteiger partial charge in [-0.2, -0.15) is 0 Å². The summed E-state index contributed by atoms with van der Waals surface area (Å²) in [5.41, 5.74) is 1.70. The molecule has 0 fully saturated rings. The number of nitrogens with zero attached hydrogens (tertiary/aromatic N) is 1. The first-order valence-electron chi connectivity index (χ1n) is 7.47. The van der Waals surface area contributed by atoms with Crippen LogP contribution in [0.2, 0.25) is 5.02 Å². The number of hydrogen-bond acceptors (Lipinski definition) is 5. The summed E-state index contributed by atoms with van der Waals surface area (Å²) in [6.45, 7) is -0.340. The number of benzene rings is 2. The number of Topliss-reactive ketones (excluding diaryl/α,β-unsaturated/α-hetero) is 1. The van der Waals surface area contributed by atoms with Crippen LogP contribution in [0.15, 0.2) is 36.4 Å². The molecule has 0 saturated carbocycles. The van der Waals surface area contributed by atoms with Crippen molar-refractivity contribution in [2.75, 3.05) is 11.9 Å². The Balaban J connectivity index is 1.73. The summed E-state index contributed by atoms with van der Waals surface area (Å²) in [6.07, 6.45) is 0.934. The van der Waals surface area contributed by atoms with Gasteiger partial charge < -0.3 is 10.1 Å². The summed E-state index contributed by atoms with van der Waals surface area (Å²) in [5, 5.41) is 14.0. The van der Waals surface area contributed by atoms with Gasteiger partial charge in [-0.15, -0.1) is 0 Å². The van der Waals surface area contributed by atoms with Crippen molar-refractivity contribution in [3.8, 4) is 5.75 Å². The third kappa shape index (κ3) is 3.77. The Morgan fingerprint density at radius 2 is 2.04 bits per heavy atom. The maximum absolute atomic E-state index is 12.3. The van der Waals surface area contributed by atoms with E-state index in [0.717, 1.165) is 5.56 Å². The van der Waals surface area contributed by atoms with Gasteiger partial charge in [-0.05, 0) is 42.3 Å². The lowest BCUT2D eigenvalue weighted by atomic mass is 9.99. The third-order valence-corrected chi connectivity index (χ3v) is 4.03. The molecule has 1 aliphatic rings. The normalized spacial score (nSPS) is 12.9. The van der Waals surface area contributed by atoms with Crippen molar-refractivity contribution < 1.29 is 19.2 Å². The van der Waals surface area contributed by atoms with Gasteiger partial charge in [-0.3, -0.25) is 19.7 Å². The van der Waals surface area contributed by atoms with E-state index in [4.69, 9.17) is 16.3 Å². The molecule has 3 rings (SSSR count). The molecular weight excluding hydrogens is 348 g/mol. The van der Waals surface area contributed by atoms with Crippen LogP contribution in [0.5, 0.6) is 5.75 Å². The quantitative estimate of drug-likeness (QED) is 0.500. The molecule has 7 nitrogen and oxygen atoms in total. The van der Waals surface area contributed by atoms with Crippen molar-refractivity contribution in [1.82, 2.24) is 0 Å². The van der Waals surface area contributed by atoms with Crippen molar-refractivity contribution >= 4 is 34.7 Å². The summed E-state index contributed by atoms with van der Waals surface area (Å²) in [7, 11) is 0. The van der Waals surface area contributed by atoms with Crippen molar-refractivity contribution in [2.24, 2.45) is 0 Å². The predicted molar refractivity (Wildman–Crippen MR) is 91.3 cm³/mol. The number of hydrogen-bond donors (Lipinski definition) is 1. The zero-order chi connectivity index (χ0) is 18.0. The first kappa shape index (κ1) is 16.9. The minimum atomic E-state index is -0.618. The fourth-order valence-electron chi connectivity index (χ4n) is 2.54. The van der Waals surface area contributed by atoms with Crippen LogP contribution >= 0.6 is 11.6 Å². The average Bonchev–Trinajstić information content (AvgIpc) is 2.59. The number of fused-ring (bicyclic) bond motifs is 1. The Kier molecular flexibility index (Phi) is 4.67. The van der Waals surface area contributed by atoms with Crippen LogP contribution in [0.25, 0.3) is 0 Å². The van der Waals surface area contributed by atoms with Crippen LogP contribution in [0.3, 0.4) is 0 Å². The number of carbonyl (C=O) groups excluding carboxylic acids is 2. The second-order valence-corrected chi connectivity index (χ2v) is 5.94. The summed E-state index contributed by atoms with van der Waals surface area (Å²) in [6, 6.07) is 8.95. The number of nitro benzene ring substituents is 1. The molecule has 1 heterocycles. The Labute approximate surface area is 147 Å². The van der Waals surface area contributed by atoms with E-state index >= 15 is 0 Å². The largest absolute Gasteiger partial charge is 0.478 e. The molecule has 0 spiro atoms. The molecule has 0 aliphatic carbocycles. The van der Waals surface area contributed by atoms with Gasteiger partial charge in [-0.1, -0.05) is 11.6 Å². The zero-order valence-corrected chi connectivity index (χ0v) is 13.7. The molecule has 0 atom stereocenters. The number of carbonyl (C=O) groups is 2. The van der Waals surface area contributed by atoms with Gasteiger partial charge in [0.1, 0.15) is 0 Å². The number of amides is 1. The number of anilines is 1. The fraction of sp³-hybridized carbons (Fsp3) is 0.176. The number of nitro groups is 1. The number of ketones is 1. The number of nitrogens with one attached hydrogen (secondary N) is 1. The monoisotopic (exact) mass is 360 g/mol. The van der Waals surface area contributed by atoms with E-state index in [1.165, 1.54) is 18.2 Å². The molecule has 0 radical (unpaired) electrons. The molecule has 0 aromatic heterocycles. The van der Waals surface area contributed by atoms with Gasteiger partial charge >= 0.3 is 5.69 Å². The topological polar surface area (TPSA) is 98.5 Å². The second kappa shape index (κ2) is 6.90. The first-order valence-corrected chi connectivity index (χ1v) is 7.84. The molecule has 0 saturated heterocycles. The second-order valence-electron chi connectivity index (χ2n) is 5.50. The van der Waals surface area contributed by atoms with E-state index in [2.05, 4.69) is 5.32 Å². The number of rotatable bonds is 5. The number of ether oxygens (including phenoxy) is 1. The number of halogens is 1. The minimum Gasteiger partial charge on any atom is -0.478 e. The summed E-state index contributed by atoms with van der Waals surface area (Å²) in [5.74, 6) is -0.387. The van der Waals surface area contributed by atoms with E-state index in [-0.39, 0.29) is 34.8 Å². The van der Waals surface area contributed by atoms with Crippen molar-refractivity contribution in [3.63, 3.8) is 0 Å². The zero-order valence-electron chi connectivity index (χ0n) is 13.0. The Hall–Kier alpha value is -2.93. The number of aryl methyl sites for hydroxylation is 1. The standard InChI is InChI=1S/C17H13ClN2O5/c18-12-3-5-16(14(8-12)20(23)24)25-9-15(21)11-1-4-13-10(7-11)2-6-17(22)19-13/h1,3-5,7-8H,2,6,9H2,(H,19,22). The van der Waals surface area contributed by atoms with E-state index in [0.29, 0.717) is 24.1 Å². The molecule has 2 aromatic carbocycles. The highest BCUT2D eigenvalue weighted by Gasteiger charge is 2.19. The van der Waals surface area contributed by atoms with E-state index < -0.39 is 4.92 Å². The van der Waals surface area contributed by atoms with Crippen LogP contribution in [-0.4, -0.2) is 23.2 Å². The highest BCUT2D eigenvalue weighted by atomic mass is 35.5. The Morgan fingerprint density at radius 1 is 1.24 bits per heavy atom. The van der Waals surface area contributed by atoms with E-state index in [9.17, 15) is 19.7 Å². The molecule has 1 aliphatic heterocycles. The highest BCUT2D eigenvalue weighted by molar-refractivity contribution is 6.30. The lowest BCUT2D eigenvalue weighted by Crippen LogP contribution is -2.20. The fourth-order valence-corrected chi connectivity index (χ4v) is 2.71. The average molecular weight is 361 g/mol. The van der Waals surface area contributed by atoms with E-state index in [1.54, 1.807) is 18.2 Å². The molecular formula is C17H13ClN2O5. The maximum atomic E-state index is 12.3. The van der Waals surface area contributed by atoms with Gasteiger partial charge in [0.05, 0.1) is 4.92 Å². The van der Waals surface area contributed by atoms with E-state index in [1.807, 2.05) is 0 Å². The molecule has 2 aromatic rings. The lowest BCUT2D eigenvalue weighted by Gasteiger charge is -2.17. The van der Waals surface area contributed by atoms with Gasteiger partial charge in [0.25, 0.3) is 0 Å². The first-order chi connectivity index (χ1) is 11.9. The Morgan fingerprint density at radius 3 is 2.80 bits per heavy atom. The van der Waals surface area contributed by atoms with Crippen LogP contribution in [-0.2, 0) is 11.2 Å². The van der Waals surface area contributed by atoms with Gasteiger partial charge in [-0.25, -0.2) is 0 Å². The van der Waals surface area contributed by atoms with Crippen molar-refractivity contribution in [2.45, 2.75) is 12.8 Å². The lowest BCUT2D eigenvalue weighted by molar-refractivity contribution is -0.385. The molecule has 25 heavy (non-hydrogen) atoms. The smallest absolute Gasteiger partial charge is 0.312 e. The van der Waals surface area contributed by atoms with Gasteiger partial charge in [0.2, 0.25) is 5.91 Å². The molecule has 0 unspecified atom stereocenters. The summed E-state index contributed by atoms with van der Waals surface area (Å²) < 4.78 is 5.31. The molecule has 1 amide bonds. The van der Waals surface area contributed by atoms with Gasteiger partial charge in [0, 0.05) is 28.8 Å². The SMILES string of the molecule is O=C1CCc2cc(C(=O)COc3ccc(Cl)cc3[N+](=O)[O-])ccc2N1. The summed E-state index contributed by atoms with van der Waals surface area (Å²) >= 11 is 5.74. The maximum Gasteiger partial charge on any atom is 0.312 e.